The molecule has 17 heavy (non-hydrogen) atoms. The topological polar surface area (TPSA) is 30.5 Å². The van der Waals surface area contributed by atoms with Gasteiger partial charge in [0.2, 0.25) is 0 Å². The molecular formula is C13H20ClNO2. The second-order valence-corrected chi connectivity index (χ2v) is 4.19. The van der Waals surface area contributed by atoms with Gasteiger partial charge in [0.1, 0.15) is 0 Å². The van der Waals surface area contributed by atoms with Crippen LogP contribution in [0.25, 0.3) is 0 Å². The number of hydrogen-bond acceptors (Lipinski definition) is 3. The molecule has 1 fully saturated rings. The summed E-state index contributed by atoms with van der Waals surface area (Å²) in [6.45, 7) is 1.15. The van der Waals surface area contributed by atoms with E-state index in [0.29, 0.717) is 6.04 Å². The Bertz CT molecular complexity index is 351. The van der Waals surface area contributed by atoms with Crippen LogP contribution in [-0.4, -0.2) is 26.8 Å². The predicted octanol–water partition coefficient (Wildman–Crippen LogP) is 2.42. The van der Waals surface area contributed by atoms with Crippen molar-refractivity contribution in [3.8, 4) is 11.5 Å². The van der Waals surface area contributed by atoms with Crippen molar-refractivity contribution in [2.45, 2.75) is 25.3 Å². The van der Waals surface area contributed by atoms with Crippen LogP contribution < -0.4 is 14.8 Å². The standard InChI is InChI=1S/C13H19NO2.ClH/c1-15-12-6-5-10(9-13(12)16-2)8-11-4-3-7-14-11;/h5-6,9,11,14H,3-4,7-8H2,1-2H3;1H. The maximum Gasteiger partial charge on any atom is 0.160 e. The number of ether oxygens (including phenoxy) is 2. The highest BCUT2D eigenvalue weighted by Gasteiger charge is 2.15. The monoisotopic (exact) mass is 257 g/mol. The Morgan fingerprint density at radius 1 is 1.24 bits per heavy atom. The van der Waals surface area contributed by atoms with Gasteiger partial charge in [-0.25, -0.2) is 0 Å². The molecule has 0 amide bonds. The lowest BCUT2D eigenvalue weighted by molar-refractivity contribution is 0.354. The van der Waals surface area contributed by atoms with Gasteiger partial charge in [-0.15, -0.1) is 12.4 Å². The van der Waals surface area contributed by atoms with Gasteiger partial charge in [-0.3, -0.25) is 0 Å². The van der Waals surface area contributed by atoms with E-state index >= 15 is 0 Å². The summed E-state index contributed by atoms with van der Waals surface area (Å²) in [5, 5.41) is 3.50. The third-order valence-electron chi connectivity index (χ3n) is 3.09. The summed E-state index contributed by atoms with van der Waals surface area (Å²) < 4.78 is 10.5. The molecule has 1 aliphatic rings. The predicted molar refractivity (Wildman–Crippen MR) is 71.5 cm³/mol. The number of methoxy groups -OCH3 is 2. The van der Waals surface area contributed by atoms with Crippen LogP contribution in [0.2, 0.25) is 0 Å². The highest BCUT2D eigenvalue weighted by atomic mass is 35.5. The molecule has 1 heterocycles. The molecule has 0 radical (unpaired) electrons. The lowest BCUT2D eigenvalue weighted by Crippen LogP contribution is -2.23. The van der Waals surface area contributed by atoms with E-state index in [1.54, 1.807) is 14.2 Å². The van der Waals surface area contributed by atoms with Crippen LogP contribution in [-0.2, 0) is 6.42 Å². The molecule has 96 valence electrons. The summed E-state index contributed by atoms with van der Waals surface area (Å²) in [4.78, 5) is 0. The van der Waals surface area contributed by atoms with E-state index < -0.39 is 0 Å². The minimum atomic E-state index is 0. The van der Waals surface area contributed by atoms with Crippen molar-refractivity contribution in [1.29, 1.82) is 0 Å². The summed E-state index contributed by atoms with van der Waals surface area (Å²) in [5.74, 6) is 1.61. The van der Waals surface area contributed by atoms with Gasteiger partial charge in [0.05, 0.1) is 14.2 Å². The average molecular weight is 258 g/mol. The number of hydrogen-bond donors (Lipinski definition) is 1. The van der Waals surface area contributed by atoms with Crippen molar-refractivity contribution in [1.82, 2.24) is 5.32 Å². The highest BCUT2D eigenvalue weighted by molar-refractivity contribution is 5.85. The molecule has 0 spiro atoms. The van der Waals surface area contributed by atoms with Gasteiger partial charge in [0, 0.05) is 6.04 Å². The summed E-state index contributed by atoms with van der Waals surface area (Å²) in [6.07, 6.45) is 3.63. The van der Waals surface area contributed by atoms with E-state index in [-0.39, 0.29) is 12.4 Å². The first-order chi connectivity index (χ1) is 7.83. The average Bonchev–Trinajstić information content (AvgIpc) is 2.81. The van der Waals surface area contributed by atoms with Crippen LogP contribution in [0.1, 0.15) is 18.4 Å². The highest BCUT2D eigenvalue weighted by Crippen LogP contribution is 2.28. The Balaban J connectivity index is 0.00000144. The van der Waals surface area contributed by atoms with Crippen molar-refractivity contribution >= 4 is 12.4 Å². The number of benzene rings is 1. The molecule has 0 bridgehead atoms. The molecule has 1 aliphatic heterocycles. The zero-order chi connectivity index (χ0) is 11.4. The molecule has 1 unspecified atom stereocenters. The summed E-state index contributed by atoms with van der Waals surface area (Å²) in [7, 11) is 3.34. The smallest absolute Gasteiger partial charge is 0.160 e. The van der Waals surface area contributed by atoms with Gasteiger partial charge in [-0.1, -0.05) is 6.07 Å². The molecule has 0 saturated carbocycles. The summed E-state index contributed by atoms with van der Waals surface area (Å²) in [6, 6.07) is 6.78. The third kappa shape index (κ3) is 3.51. The number of nitrogens with one attached hydrogen (secondary N) is 1. The molecule has 1 N–H and O–H groups in total. The van der Waals surface area contributed by atoms with Crippen LogP contribution >= 0.6 is 12.4 Å². The molecule has 0 aromatic heterocycles. The fourth-order valence-corrected chi connectivity index (χ4v) is 2.22. The quantitative estimate of drug-likeness (QED) is 0.899. The zero-order valence-electron chi connectivity index (χ0n) is 10.4. The first-order valence-electron chi connectivity index (χ1n) is 5.78. The van der Waals surface area contributed by atoms with E-state index in [4.69, 9.17) is 9.47 Å². The second kappa shape index (κ2) is 6.72. The molecule has 0 aliphatic carbocycles. The van der Waals surface area contributed by atoms with E-state index in [1.165, 1.54) is 18.4 Å². The second-order valence-electron chi connectivity index (χ2n) is 4.19. The van der Waals surface area contributed by atoms with Gasteiger partial charge in [-0.2, -0.15) is 0 Å². The lowest BCUT2D eigenvalue weighted by Gasteiger charge is -2.13. The molecule has 3 nitrogen and oxygen atoms in total. The molecule has 1 atom stereocenters. The fourth-order valence-electron chi connectivity index (χ4n) is 2.22. The van der Waals surface area contributed by atoms with Crippen LogP contribution in [0, 0.1) is 0 Å². The fraction of sp³-hybridized carbons (Fsp3) is 0.538. The Kier molecular flexibility index (Phi) is 5.59. The Morgan fingerprint density at radius 2 is 2.00 bits per heavy atom. The lowest BCUT2D eigenvalue weighted by atomic mass is 10.0. The molecular weight excluding hydrogens is 238 g/mol. The maximum atomic E-state index is 5.30. The van der Waals surface area contributed by atoms with Gasteiger partial charge >= 0.3 is 0 Å². The Morgan fingerprint density at radius 3 is 2.59 bits per heavy atom. The largest absolute Gasteiger partial charge is 0.493 e. The normalized spacial score (nSPS) is 18.6. The summed E-state index contributed by atoms with van der Waals surface area (Å²) >= 11 is 0. The maximum absolute atomic E-state index is 5.30. The van der Waals surface area contributed by atoms with Crippen LogP contribution in [0.3, 0.4) is 0 Å². The van der Waals surface area contributed by atoms with Gasteiger partial charge < -0.3 is 14.8 Å². The van der Waals surface area contributed by atoms with E-state index in [1.807, 2.05) is 6.07 Å². The van der Waals surface area contributed by atoms with Crippen molar-refractivity contribution in [2.75, 3.05) is 20.8 Å². The van der Waals surface area contributed by atoms with Crippen LogP contribution in [0.15, 0.2) is 18.2 Å². The van der Waals surface area contributed by atoms with Crippen LogP contribution in [0.5, 0.6) is 11.5 Å². The van der Waals surface area contributed by atoms with E-state index in [0.717, 1.165) is 24.5 Å². The minimum absolute atomic E-state index is 0. The van der Waals surface area contributed by atoms with Gasteiger partial charge in [0.25, 0.3) is 0 Å². The number of halogens is 1. The molecule has 4 heteroatoms. The minimum Gasteiger partial charge on any atom is -0.493 e. The zero-order valence-corrected chi connectivity index (χ0v) is 11.2. The third-order valence-corrected chi connectivity index (χ3v) is 3.09. The van der Waals surface area contributed by atoms with Crippen molar-refractivity contribution in [3.63, 3.8) is 0 Å². The van der Waals surface area contributed by atoms with Crippen LogP contribution in [0.4, 0.5) is 0 Å². The summed E-state index contributed by atoms with van der Waals surface area (Å²) in [5.41, 5.74) is 1.30. The first-order valence-corrected chi connectivity index (χ1v) is 5.78. The van der Waals surface area contributed by atoms with Crippen molar-refractivity contribution in [2.24, 2.45) is 0 Å². The van der Waals surface area contributed by atoms with Gasteiger partial charge in [0.15, 0.2) is 11.5 Å². The molecule has 2 rings (SSSR count). The van der Waals surface area contributed by atoms with E-state index in [9.17, 15) is 0 Å². The van der Waals surface area contributed by atoms with Crippen molar-refractivity contribution < 1.29 is 9.47 Å². The first kappa shape index (κ1) is 14.1. The van der Waals surface area contributed by atoms with Gasteiger partial charge in [-0.05, 0) is 43.5 Å². The molecule has 1 saturated heterocycles. The Hall–Kier alpha value is -0.930. The SMILES string of the molecule is COc1ccc(CC2CCCN2)cc1OC.Cl. The van der Waals surface area contributed by atoms with Crippen molar-refractivity contribution in [3.05, 3.63) is 23.8 Å². The Labute approximate surface area is 109 Å². The molecule has 1 aromatic carbocycles. The number of rotatable bonds is 4. The molecule has 1 aromatic rings. The van der Waals surface area contributed by atoms with E-state index in [2.05, 4.69) is 17.4 Å².